The number of halogens is 1. The number of rotatable bonds is 10. The fraction of sp³-hybridized carbons (Fsp3) is 0.406. The van der Waals surface area contributed by atoms with Crippen molar-refractivity contribution in [3.8, 4) is 11.1 Å². The first-order chi connectivity index (χ1) is 20.1. The molecule has 9 nitrogen and oxygen atoms in total. The molecule has 1 heterocycles. The Morgan fingerprint density at radius 1 is 1.00 bits per heavy atom. The van der Waals surface area contributed by atoms with Crippen LogP contribution in [0.1, 0.15) is 81.1 Å². The van der Waals surface area contributed by atoms with Gasteiger partial charge in [0.1, 0.15) is 11.4 Å². The van der Waals surface area contributed by atoms with E-state index in [1.54, 1.807) is 47.6 Å². The number of pyridine rings is 1. The van der Waals surface area contributed by atoms with Crippen molar-refractivity contribution in [3.05, 3.63) is 93.2 Å². The predicted molar refractivity (Wildman–Crippen MR) is 170 cm³/mol. The van der Waals surface area contributed by atoms with Crippen molar-refractivity contribution in [2.45, 2.75) is 70.1 Å². The normalized spacial score (nSPS) is 13.8. The number of carbonyl (C=O) groups excluding carboxylic acids is 2. The molecule has 238 valence electrons. The minimum Gasteiger partial charge on any atom is -0.460 e. The lowest BCUT2D eigenvalue weighted by atomic mass is 9.88. The maximum absolute atomic E-state index is 13.8. The summed E-state index contributed by atoms with van der Waals surface area (Å²) in [5.41, 5.74) is 0.362. The second kappa shape index (κ2) is 13.3. The van der Waals surface area contributed by atoms with E-state index in [1.165, 1.54) is 48.1 Å². The largest absolute Gasteiger partial charge is 0.460 e. The molecule has 1 N–H and O–H groups in total. The van der Waals surface area contributed by atoms with Crippen LogP contribution in [0.15, 0.2) is 59.5 Å². The van der Waals surface area contributed by atoms with E-state index in [1.807, 2.05) is 0 Å². The highest BCUT2D eigenvalue weighted by molar-refractivity contribution is 7.89. The zero-order valence-electron chi connectivity index (χ0n) is 26.2. The first kappa shape index (κ1) is 35.0. The van der Waals surface area contributed by atoms with E-state index in [0.29, 0.717) is 11.1 Å². The van der Waals surface area contributed by atoms with E-state index < -0.39 is 60.3 Å². The van der Waals surface area contributed by atoms with Crippen molar-refractivity contribution in [1.82, 2.24) is 9.29 Å². The smallest absolute Gasteiger partial charge is 0.308 e. The van der Waals surface area contributed by atoms with Gasteiger partial charge in [-0.2, -0.15) is 0 Å². The van der Waals surface area contributed by atoms with Crippen molar-refractivity contribution in [1.29, 1.82) is 0 Å². The monoisotopic (exact) mass is 646 g/mol. The summed E-state index contributed by atoms with van der Waals surface area (Å²) in [5, 5.41) is 0. The number of sulfone groups is 1. The highest BCUT2D eigenvalue weighted by atomic mass is 32.2. The number of hydrogen-bond acceptors (Lipinski definition) is 7. The predicted octanol–water partition coefficient (Wildman–Crippen LogP) is 4.79. The summed E-state index contributed by atoms with van der Waals surface area (Å²) in [6, 6.07) is 9.85. The van der Waals surface area contributed by atoms with Crippen LogP contribution in [0.4, 0.5) is 4.39 Å². The molecule has 0 radical (unpaired) electrons. The van der Waals surface area contributed by atoms with Crippen LogP contribution < -0.4 is 10.3 Å². The highest BCUT2D eigenvalue weighted by Gasteiger charge is 2.30. The number of aryl methyl sites for hydroxylation is 1. The van der Waals surface area contributed by atoms with Gasteiger partial charge in [0.05, 0.1) is 33.9 Å². The lowest BCUT2D eigenvalue weighted by molar-refractivity contribution is -0.155. The average Bonchev–Trinajstić information content (AvgIpc) is 2.87. The van der Waals surface area contributed by atoms with E-state index >= 15 is 0 Å². The number of esters is 1. The number of ketones is 1. The number of aromatic nitrogens is 1. The highest BCUT2D eigenvalue weighted by Crippen LogP contribution is 2.35. The number of hydrogen-bond donors (Lipinski definition) is 1. The maximum atomic E-state index is 13.8. The zero-order chi connectivity index (χ0) is 33.2. The van der Waals surface area contributed by atoms with Crippen LogP contribution in [0.2, 0.25) is 0 Å². The van der Waals surface area contributed by atoms with E-state index in [4.69, 9.17) is 4.74 Å². The van der Waals surface area contributed by atoms with Crippen molar-refractivity contribution in [2.24, 2.45) is 7.05 Å². The van der Waals surface area contributed by atoms with Crippen LogP contribution in [0.3, 0.4) is 0 Å². The molecule has 0 bridgehead atoms. The van der Waals surface area contributed by atoms with E-state index in [0.717, 1.165) is 18.4 Å². The first-order valence-electron chi connectivity index (χ1n) is 13.9. The SMILES string of the molecule is Cn1cc(-c2cc(CS(C)(=O)=O)ccc2C(=O)c2ccc(F)cc2)c([C@H](CC(=O)OC(C)(C)C)NS(=O)C(C)(C)C)cc1=O. The summed E-state index contributed by atoms with van der Waals surface area (Å²) in [6.45, 7) is 10.4. The summed E-state index contributed by atoms with van der Waals surface area (Å²) >= 11 is 0. The number of nitrogens with zero attached hydrogens (tertiary/aromatic N) is 1. The molecule has 3 aromatic rings. The van der Waals surface area contributed by atoms with Gasteiger partial charge >= 0.3 is 5.97 Å². The average molecular weight is 647 g/mol. The van der Waals surface area contributed by atoms with Gasteiger partial charge in [0.15, 0.2) is 15.6 Å². The van der Waals surface area contributed by atoms with Crippen LogP contribution in [0.5, 0.6) is 0 Å². The molecule has 12 heteroatoms. The van der Waals surface area contributed by atoms with Gasteiger partial charge in [0.25, 0.3) is 5.56 Å². The Balaban J connectivity index is 2.34. The first-order valence-corrected chi connectivity index (χ1v) is 17.1. The number of nitrogens with one attached hydrogen (secondary N) is 1. The fourth-order valence-electron chi connectivity index (χ4n) is 4.39. The third kappa shape index (κ3) is 9.51. The third-order valence-electron chi connectivity index (χ3n) is 6.39. The molecule has 0 saturated heterocycles. The molecular formula is C32H39FN2O7S2. The van der Waals surface area contributed by atoms with Crippen LogP contribution in [0, 0.1) is 5.82 Å². The van der Waals surface area contributed by atoms with Crippen molar-refractivity contribution >= 4 is 32.6 Å². The lowest BCUT2D eigenvalue weighted by Gasteiger charge is -2.27. The minimum atomic E-state index is -3.47. The maximum Gasteiger partial charge on any atom is 0.308 e. The van der Waals surface area contributed by atoms with Crippen LogP contribution >= 0.6 is 0 Å². The summed E-state index contributed by atoms with van der Waals surface area (Å²) < 4.78 is 60.5. The van der Waals surface area contributed by atoms with Gasteiger partial charge < -0.3 is 9.30 Å². The Kier molecular flexibility index (Phi) is 10.5. The number of ether oxygens (including phenoxy) is 1. The Morgan fingerprint density at radius 2 is 1.61 bits per heavy atom. The second-order valence-corrected chi connectivity index (χ2v) is 16.9. The summed E-state index contributed by atoms with van der Waals surface area (Å²) in [5.74, 6) is -1.92. The van der Waals surface area contributed by atoms with Crippen molar-refractivity contribution in [3.63, 3.8) is 0 Å². The van der Waals surface area contributed by atoms with E-state index in [-0.39, 0.29) is 34.4 Å². The lowest BCUT2D eigenvalue weighted by Crippen LogP contribution is -2.38. The molecule has 2 aromatic carbocycles. The number of benzene rings is 2. The molecule has 0 fully saturated rings. The second-order valence-electron chi connectivity index (χ2n) is 12.7. The van der Waals surface area contributed by atoms with Crippen molar-refractivity contribution in [2.75, 3.05) is 6.26 Å². The van der Waals surface area contributed by atoms with E-state index in [2.05, 4.69) is 4.72 Å². The molecule has 3 rings (SSSR count). The van der Waals surface area contributed by atoms with E-state index in [9.17, 15) is 31.4 Å². The third-order valence-corrected chi connectivity index (χ3v) is 8.85. The molecule has 0 saturated carbocycles. The summed E-state index contributed by atoms with van der Waals surface area (Å²) in [7, 11) is -3.65. The topological polar surface area (TPSA) is 129 Å². The standard InChI is InChI=1S/C32H39FN2O7S2/c1-31(2,3)42-29(37)17-27(34-43(39)32(4,5)6)25-16-28(36)35(7)18-26(25)24-15-20(19-44(8,40)41)9-14-23(24)30(38)21-10-12-22(33)13-11-21/h9-16,18,27,34H,17,19H2,1-8H3/t27-,43?/m0/s1. The van der Waals surface area contributed by atoms with Gasteiger partial charge in [0, 0.05) is 42.3 Å². The molecule has 1 aromatic heterocycles. The molecule has 0 amide bonds. The molecule has 2 atom stereocenters. The van der Waals surface area contributed by atoms with Gasteiger partial charge in [-0.15, -0.1) is 0 Å². The fourth-order valence-corrected chi connectivity index (χ4v) is 6.00. The molecule has 0 aliphatic rings. The molecule has 0 spiro atoms. The van der Waals surface area contributed by atoms with Gasteiger partial charge in [-0.3, -0.25) is 14.4 Å². The minimum absolute atomic E-state index is 0.154. The van der Waals surface area contributed by atoms with Gasteiger partial charge in [-0.05, 0) is 88.6 Å². The Hall–Kier alpha value is -3.48. The Bertz CT molecular complexity index is 1750. The van der Waals surface area contributed by atoms with Gasteiger partial charge in [-0.1, -0.05) is 12.1 Å². The van der Waals surface area contributed by atoms with Crippen LogP contribution in [0.25, 0.3) is 11.1 Å². The molecule has 0 aliphatic heterocycles. The van der Waals surface area contributed by atoms with Crippen LogP contribution in [-0.4, -0.2) is 45.6 Å². The van der Waals surface area contributed by atoms with Gasteiger partial charge in [-0.25, -0.2) is 21.7 Å². The number of carbonyl (C=O) groups is 2. The molecule has 1 unspecified atom stereocenters. The zero-order valence-corrected chi connectivity index (χ0v) is 27.8. The quantitative estimate of drug-likeness (QED) is 0.248. The summed E-state index contributed by atoms with van der Waals surface area (Å²) in [6.07, 6.45) is 2.27. The van der Waals surface area contributed by atoms with Crippen molar-refractivity contribution < 1.29 is 31.3 Å². The molecule has 44 heavy (non-hydrogen) atoms. The summed E-state index contributed by atoms with van der Waals surface area (Å²) in [4.78, 5) is 39.9. The van der Waals surface area contributed by atoms with Crippen LogP contribution in [-0.2, 0) is 43.2 Å². The van der Waals surface area contributed by atoms with Gasteiger partial charge in [0.2, 0.25) is 0 Å². The molecule has 0 aliphatic carbocycles. The Labute approximate surface area is 260 Å². The molecular weight excluding hydrogens is 607 g/mol. The Morgan fingerprint density at radius 3 is 2.16 bits per heavy atom.